The molecule has 2 aromatic rings. The van der Waals surface area contributed by atoms with E-state index in [0.717, 1.165) is 16.5 Å². The first-order valence-electron chi connectivity index (χ1n) is 6.15. The van der Waals surface area contributed by atoms with Crippen LogP contribution >= 0.6 is 0 Å². The highest BCUT2D eigenvalue weighted by molar-refractivity contribution is 5.89. The summed E-state index contributed by atoms with van der Waals surface area (Å²) in [5, 5.41) is 12.5. The summed E-state index contributed by atoms with van der Waals surface area (Å²) in [6.45, 7) is 1.30. The zero-order valence-electron chi connectivity index (χ0n) is 11.3. The number of amides is 1. The number of benzene rings is 1. The van der Waals surface area contributed by atoms with Gasteiger partial charge in [-0.1, -0.05) is 12.1 Å². The minimum absolute atomic E-state index is 0.210. The third-order valence-corrected chi connectivity index (χ3v) is 3.08. The summed E-state index contributed by atoms with van der Waals surface area (Å²) < 4.78 is 5.24. The molecule has 0 spiro atoms. The van der Waals surface area contributed by atoms with Crippen LogP contribution in [0.15, 0.2) is 24.4 Å². The Hall–Kier alpha value is -2.50. The number of carbonyl (C=O) groups is 2. The topological polar surface area (TPSA) is 91.4 Å². The molecule has 0 aliphatic heterocycles. The maximum absolute atomic E-state index is 11.2. The van der Waals surface area contributed by atoms with E-state index in [1.165, 1.54) is 6.92 Å². The number of carboxylic acid groups (broad SMARTS) is 1. The average molecular weight is 276 g/mol. The van der Waals surface area contributed by atoms with Gasteiger partial charge in [0.05, 0.1) is 12.6 Å². The van der Waals surface area contributed by atoms with E-state index in [1.807, 2.05) is 18.2 Å². The van der Waals surface area contributed by atoms with Gasteiger partial charge in [0.1, 0.15) is 11.8 Å². The molecule has 1 aromatic heterocycles. The second-order valence-electron chi connectivity index (χ2n) is 4.49. The van der Waals surface area contributed by atoms with Gasteiger partial charge in [0.25, 0.3) is 0 Å². The molecule has 1 aromatic carbocycles. The summed E-state index contributed by atoms with van der Waals surface area (Å²) in [6, 6.07) is 4.60. The number of aliphatic carboxylic acids is 1. The fourth-order valence-corrected chi connectivity index (χ4v) is 2.19. The SMILES string of the molecule is COc1cccc2c(CC(NC(C)=O)C(=O)O)c[nH]c12. The van der Waals surface area contributed by atoms with Crippen LogP contribution in [0, 0.1) is 0 Å². The molecule has 1 unspecified atom stereocenters. The van der Waals surface area contributed by atoms with Crippen molar-refractivity contribution in [2.45, 2.75) is 19.4 Å². The van der Waals surface area contributed by atoms with E-state index in [-0.39, 0.29) is 12.3 Å². The Labute approximate surface area is 115 Å². The standard InChI is InChI=1S/C14H16N2O4/c1-8(17)16-11(14(18)19)6-9-7-15-13-10(9)4-3-5-12(13)20-2/h3-5,7,11,15H,6H2,1-2H3,(H,16,17)(H,18,19). The van der Waals surface area contributed by atoms with Crippen LogP contribution in [-0.2, 0) is 16.0 Å². The molecule has 0 fully saturated rings. The summed E-state index contributed by atoms with van der Waals surface area (Å²) in [7, 11) is 1.58. The Kier molecular flexibility index (Phi) is 3.93. The van der Waals surface area contributed by atoms with E-state index in [0.29, 0.717) is 5.75 Å². The van der Waals surface area contributed by atoms with Crippen molar-refractivity contribution in [1.29, 1.82) is 0 Å². The zero-order valence-corrected chi connectivity index (χ0v) is 11.3. The summed E-state index contributed by atoms with van der Waals surface area (Å²) in [4.78, 5) is 25.3. The smallest absolute Gasteiger partial charge is 0.326 e. The fraction of sp³-hybridized carbons (Fsp3) is 0.286. The number of aromatic amines is 1. The van der Waals surface area contributed by atoms with Crippen LogP contribution in [-0.4, -0.2) is 35.1 Å². The summed E-state index contributed by atoms with van der Waals surface area (Å²) in [6.07, 6.45) is 1.95. The molecule has 0 bridgehead atoms. The Balaban J connectivity index is 2.33. The van der Waals surface area contributed by atoms with Gasteiger partial charge in [-0.15, -0.1) is 0 Å². The number of aromatic nitrogens is 1. The molecule has 6 heteroatoms. The molecule has 0 aliphatic carbocycles. The lowest BCUT2D eigenvalue weighted by molar-refractivity contribution is -0.141. The average Bonchev–Trinajstić information content (AvgIpc) is 2.80. The molecule has 2 rings (SSSR count). The molecule has 1 heterocycles. The molecule has 1 atom stereocenters. The van der Waals surface area contributed by atoms with Crippen LogP contribution in [0.2, 0.25) is 0 Å². The van der Waals surface area contributed by atoms with Gasteiger partial charge in [-0.2, -0.15) is 0 Å². The fourth-order valence-electron chi connectivity index (χ4n) is 2.19. The maximum Gasteiger partial charge on any atom is 0.326 e. The second kappa shape index (κ2) is 5.64. The van der Waals surface area contributed by atoms with Crippen molar-refractivity contribution in [3.05, 3.63) is 30.0 Å². The van der Waals surface area contributed by atoms with E-state index in [4.69, 9.17) is 9.84 Å². The van der Waals surface area contributed by atoms with Crippen LogP contribution in [0.25, 0.3) is 10.9 Å². The molecule has 106 valence electrons. The first-order chi connectivity index (χ1) is 9.52. The first kappa shape index (κ1) is 13.9. The lowest BCUT2D eigenvalue weighted by Gasteiger charge is -2.12. The molecule has 0 radical (unpaired) electrons. The molecule has 0 saturated carbocycles. The maximum atomic E-state index is 11.2. The highest BCUT2D eigenvalue weighted by atomic mass is 16.5. The number of nitrogens with one attached hydrogen (secondary N) is 2. The van der Waals surface area contributed by atoms with Gasteiger partial charge >= 0.3 is 5.97 Å². The lowest BCUT2D eigenvalue weighted by Crippen LogP contribution is -2.41. The quantitative estimate of drug-likeness (QED) is 0.767. The van der Waals surface area contributed by atoms with E-state index in [9.17, 15) is 9.59 Å². The Morgan fingerprint density at radius 1 is 1.45 bits per heavy atom. The van der Waals surface area contributed by atoms with Gasteiger partial charge in [-0.05, 0) is 11.6 Å². The molecule has 3 N–H and O–H groups in total. The largest absolute Gasteiger partial charge is 0.495 e. The number of H-pyrrole nitrogens is 1. The van der Waals surface area contributed by atoms with E-state index in [2.05, 4.69) is 10.3 Å². The number of fused-ring (bicyclic) bond motifs is 1. The number of hydrogen-bond donors (Lipinski definition) is 3. The predicted octanol–water partition coefficient (Wildman–Crippen LogP) is 1.31. The molecule has 6 nitrogen and oxygen atoms in total. The molecular weight excluding hydrogens is 260 g/mol. The summed E-state index contributed by atoms with van der Waals surface area (Å²) >= 11 is 0. The Bertz CT molecular complexity index is 648. The van der Waals surface area contributed by atoms with Crippen LogP contribution < -0.4 is 10.1 Å². The first-order valence-corrected chi connectivity index (χ1v) is 6.15. The van der Waals surface area contributed by atoms with Crippen molar-refractivity contribution >= 4 is 22.8 Å². The zero-order chi connectivity index (χ0) is 14.7. The third kappa shape index (κ3) is 2.74. The van der Waals surface area contributed by atoms with Crippen LogP contribution in [0.4, 0.5) is 0 Å². The van der Waals surface area contributed by atoms with Gasteiger partial charge in [0.15, 0.2) is 0 Å². The van der Waals surface area contributed by atoms with Gasteiger partial charge in [0, 0.05) is 24.9 Å². The number of ether oxygens (including phenoxy) is 1. The van der Waals surface area contributed by atoms with Gasteiger partial charge < -0.3 is 20.1 Å². The Morgan fingerprint density at radius 2 is 2.20 bits per heavy atom. The summed E-state index contributed by atoms with van der Waals surface area (Å²) in [5.74, 6) is -0.729. The minimum Gasteiger partial charge on any atom is -0.495 e. The van der Waals surface area contributed by atoms with E-state index < -0.39 is 12.0 Å². The number of carbonyl (C=O) groups excluding carboxylic acids is 1. The van der Waals surface area contributed by atoms with Crippen molar-refractivity contribution in [3.8, 4) is 5.75 Å². The van der Waals surface area contributed by atoms with Crippen LogP contribution in [0.5, 0.6) is 5.75 Å². The van der Waals surface area contributed by atoms with Crippen LogP contribution in [0.3, 0.4) is 0 Å². The van der Waals surface area contributed by atoms with E-state index in [1.54, 1.807) is 13.3 Å². The van der Waals surface area contributed by atoms with Crippen molar-refractivity contribution < 1.29 is 19.4 Å². The van der Waals surface area contributed by atoms with Gasteiger partial charge in [0.2, 0.25) is 5.91 Å². The highest BCUT2D eigenvalue weighted by Crippen LogP contribution is 2.27. The molecule has 20 heavy (non-hydrogen) atoms. The molecule has 0 saturated heterocycles. The monoisotopic (exact) mass is 276 g/mol. The third-order valence-electron chi connectivity index (χ3n) is 3.08. The lowest BCUT2D eigenvalue weighted by atomic mass is 10.0. The minimum atomic E-state index is -1.06. The number of methoxy groups -OCH3 is 1. The summed E-state index contributed by atoms with van der Waals surface area (Å²) in [5.41, 5.74) is 1.64. The number of carboxylic acids is 1. The van der Waals surface area contributed by atoms with Gasteiger partial charge in [-0.3, -0.25) is 4.79 Å². The molecular formula is C14H16N2O4. The highest BCUT2D eigenvalue weighted by Gasteiger charge is 2.20. The van der Waals surface area contributed by atoms with Gasteiger partial charge in [-0.25, -0.2) is 4.79 Å². The normalized spacial score (nSPS) is 12.1. The van der Waals surface area contributed by atoms with E-state index >= 15 is 0 Å². The Morgan fingerprint density at radius 3 is 2.80 bits per heavy atom. The number of hydrogen-bond acceptors (Lipinski definition) is 3. The number of para-hydroxylation sites is 1. The van der Waals surface area contributed by atoms with Crippen molar-refractivity contribution in [2.75, 3.05) is 7.11 Å². The molecule has 1 amide bonds. The second-order valence-corrected chi connectivity index (χ2v) is 4.49. The van der Waals surface area contributed by atoms with Crippen molar-refractivity contribution in [3.63, 3.8) is 0 Å². The molecule has 0 aliphatic rings. The predicted molar refractivity (Wildman–Crippen MR) is 73.8 cm³/mol. The van der Waals surface area contributed by atoms with Crippen LogP contribution in [0.1, 0.15) is 12.5 Å². The number of rotatable bonds is 5. The van der Waals surface area contributed by atoms with Crippen molar-refractivity contribution in [1.82, 2.24) is 10.3 Å². The van der Waals surface area contributed by atoms with Crippen molar-refractivity contribution in [2.24, 2.45) is 0 Å².